The number of primary amides is 1. The number of carbonyl (C=O) groups excluding carboxylic acids is 3. The fourth-order valence-electron chi connectivity index (χ4n) is 6.35. The van der Waals surface area contributed by atoms with Gasteiger partial charge >= 0.3 is 12.2 Å². The molecular formula is C24H35N5O6. The highest BCUT2D eigenvalue weighted by Crippen LogP contribution is 2.57. The van der Waals surface area contributed by atoms with Gasteiger partial charge in [-0.1, -0.05) is 0 Å². The monoisotopic (exact) mass is 489 g/mol. The minimum atomic E-state index is -0.720. The van der Waals surface area contributed by atoms with E-state index in [0.717, 1.165) is 32.1 Å². The summed E-state index contributed by atoms with van der Waals surface area (Å²) in [4.78, 5) is 36.4. The van der Waals surface area contributed by atoms with Gasteiger partial charge in [0.05, 0.1) is 36.7 Å². The molecule has 0 radical (unpaired) electrons. The average Bonchev–Trinajstić information content (AvgIpc) is 3.16. The number of ether oxygens (including phenoxy) is 3. The van der Waals surface area contributed by atoms with E-state index >= 15 is 0 Å². The lowest BCUT2D eigenvalue weighted by Gasteiger charge is -2.58. The maximum Gasteiger partial charge on any atom is 0.407 e. The third-order valence-corrected chi connectivity index (χ3v) is 7.50. The number of rotatable bonds is 8. The quantitative estimate of drug-likeness (QED) is 0.508. The van der Waals surface area contributed by atoms with Crippen molar-refractivity contribution in [3.8, 4) is 0 Å². The van der Waals surface area contributed by atoms with Crippen LogP contribution >= 0.6 is 0 Å². The van der Waals surface area contributed by atoms with Crippen molar-refractivity contribution >= 4 is 24.3 Å². The molecule has 35 heavy (non-hydrogen) atoms. The minimum Gasteiger partial charge on any atom is -0.453 e. The van der Waals surface area contributed by atoms with Gasteiger partial charge in [0.1, 0.15) is 5.60 Å². The second kappa shape index (κ2) is 9.52. The second-order valence-corrected chi connectivity index (χ2v) is 10.6. The molecule has 4 aliphatic carbocycles. The number of aromatic nitrogens is 2. The van der Waals surface area contributed by atoms with E-state index in [4.69, 9.17) is 15.2 Å². The Bertz CT molecular complexity index is 1000. The molecule has 3 amide bonds. The van der Waals surface area contributed by atoms with Gasteiger partial charge in [0, 0.05) is 19.4 Å². The minimum absolute atomic E-state index is 0.0149. The number of nitrogens with two attached hydrogens (primary N) is 1. The Morgan fingerprint density at radius 2 is 1.91 bits per heavy atom. The summed E-state index contributed by atoms with van der Waals surface area (Å²) in [6.07, 6.45) is 8.05. The maximum absolute atomic E-state index is 13.4. The van der Waals surface area contributed by atoms with E-state index in [2.05, 4.69) is 20.5 Å². The van der Waals surface area contributed by atoms with Crippen molar-refractivity contribution in [3.05, 3.63) is 23.5 Å². The molecule has 2 unspecified atom stereocenters. The van der Waals surface area contributed by atoms with Gasteiger partial charge in [0.15, 0.2) is 0 Å². The third kappa shape index (κ3) is 5.29. The molecule has 1 aromatic heterocycles. The molecule has 4 saturated carbocycles. The van der Waals surface area contributed by atoms with Crippen LogP contribution in [-0.2, 0) is 20.8 Å². The Hall–Kier alpha value is -3.08. The molecule has 4 N–H and O–H groups in total. The molecule has 4 bridgehead atoms. The predicted molar refractivity (Wildman–Crippen MR) is 126 cm³/mol. The number of alkyl carbamates (subject to hydrolysis) is 1. The van der Waals surface area contributed by atoms with Crippen LogP contribution in [-0.4, -0.2) is 59.3 Å². The lowest BCUT2D eigenvalue weighted by molar-refractivity contribution is -0.137. The second-order valence-electron chi connectivity index (χ2n) is 10.6. The van der Waals surface area contributed by atoms with Crippen LogP contribution in [0.4, 0.5) is 9.59 Å². The number of hydrogen-bond donors (Lipinski definition) is 3. The molecule has 1 heterocycles. The lowest BCUT2D eigenvalue weighted by Crippen LogP contribution is -2.63. The van der Waals surface area contributed by atoms with Gasteiger partial charge in [0.2, 0.25) is 0 Å². The number of carbonyl (C=O) groups is 3. The zero-order valence-corrected chi connectivity index (χ0v) is 20.7. The van der Waals surface area contributed by atoms with E-state index in [1.807, 2.05) is 13.8 Å². The van der Waals surface area contributed by atoms with Gasteiger partial charge in [-0.2, -0.15) is 5.10 Å². The zero-order chi connectivity index (χ0) is 25.4. The number of nitrogens with zero attached hydrogens (tertiary/aromatic N) is 2. The first kappa shape index (κ1) is 25.0. The van der Waals surface area contributed by atoms with Crippen molar-refractivity contribution in [2.24, 2.45) is 23.5 Å². The summed E-state index contributed by atoms with van der Waals surface area (Å²) < 4.78 is 17.2. The Balaban J connectivity index is 1.49. The van der Waals surface area contributed by atoms with E-state index < -0.39 is 23.3 Å². The Labute approximate surface area is 204 Å². The highest BCUT2D eigenvalue weighted by molar-refractivity contribution is 5.95. The standard InChI is InChI=1S/C24H35N5O6/c1-23(2,28-22(32)34-4)5-6-29-18(13-33-3)17(12-26-29)20(30)27-19-15-7-14-8-16(19)11-24(9-14,10-15)35-21(25)31/h5-6,12,14-16,19H,7-11,13H2,1-4H3,(H2,25,31)(H,27,30)(H,28,32)/b6-5+/t14?,15?,16?,19-,24-. The fourth-order valence-corrected chi connectivity index (χ4v) is 6.35. The first-order chi connectivity index (χ1) is 16.5. The third-order valence-electron chi connectivity index (χ3n) is 7.50. The summed E-state index contributed by atoms with van der Waals surface area (Å²) in [6, 6.07) is 0.0149. The highest BCUT2D eigenvalue weighted by atomic mass is 16.6. The summed E-state index contributed by atoms with van der Waals surface area (Å²) in [7, 11) is 2.86. The summed E-state index contributed by atoms with van der Waals surface area (Å²) in [6.45, 7) is 3.82. The molecule has 2 atom stereocenters. The average molecular weight is 490 g/mol. The lowest BCUT2D eigenvalue weighted by atomic mass is 9.52. The summed E-state index contributed by atoms with van der Waals surface area (Å²) >= 11 is 0. The van der Waals surface area contributed by atoms with Crippen LogP contribution in [0.15, 0.2) is 12.3 Å². The normalized spacial score (nSPS) is 29.3. The van der Waals surface area contributed by atoms with Crippen molar-refractivity contribution in [3.63, 3.8) is 0 Å². The number of amides is 3. The molecule has 4 fully saturated rings. The summed E-state index contributed by atoms with van der Waals surface area (Å²) in [5.74, 6) is 0.788. The SMILES string of the molecule is COCc1c(C(=O)N[C@H]2C3CC4CC2C[C@](OC(N)=O)(C4)C3)cnn1/C=C/C(C)(C)NC(=O)OC. The Morgan fingerprint density at radius 3 is 2.51 bits per heavy atom. The Morgan fingerprint density at radius 1 is 1.23 bits per heavy atom. The summed E-state index contributed by atoms with van der Waals surface area (Å²) in [5, 5.41) is 10.3. The molecule has 0 spiro atoms. The smallest absolute Gasteiger partial charge is 0.407 e. The largest absolute Gasteiger partial charge is 0.453 e. The number of hydrogen-bond acceptors (Lipinski definition) is 7. The first-order valence-electron chi connectivity index (χ1n) is 11.9. The van der Waals surface area contributed by atoms with E-state index in [1.54, 1.807) is 24.1 Å². The molecule has 0 aliphatic heterocycles. The van der Waals surface area contributed by atoms with Gasteiger partial charge in [0.25, 0.3) is 5.91 Å². The number of methoxy groups -OCH3 is 2. The van der Waals surface area contributed by atoms with Crippen molar-refractivity contribution in [1.82, 2.24) is 20.4 Å². The fraction of sp³-hybridized carbons (Fsp3) is 0.667. The topological polar surface area (TPSA) is 147 Å². The van der Waals surface area contributed by atoms with Crippen LogP contribution in [0.2, 0.25) is 0 Å². The summed E-state index contributed by atoms with van der Waals surface area (Å²) in [5.41, 5.74) is 5.21. The van der Waals surface area contributed by atoms with Gasteiger partial charge in [-0.25, -0.2) is 14.3 Å². The molecule has 5 rings (SSSR count). The molecule has 192 valence electrons. The molecule has 4 aliphatic rings. The predicted octanol–water partition coefficient (Wildman–Crippen LogP) is 2.41. The van der Waals surface area contributed by atoms with Crippen LogP contribution < -0.4 is 16.4 Å². The molecular weight excluding hydrogens is 454 g/mol. The van der Waals surface area contributed by atoms with Crippen molar-refractivity contribution in [1.29, 1.82) is 0 Å². The van der Waals surface area contributed by atoms with Gasteiger partial charge < -0.3 is 30.6 Å². The van der Waals surface area contributed by atoms with Crippen LogP contribution in [0.25, 0.3) is 6.20 Å². The van der Waals surface area contributed by atoms with Crippen molar-refractivity contribution in [2.45, 2.75) is 69.7 Å². The van der Waals surface area contributed by atoms with E-state index in [-0.39, 0.29) is 30.4 Å². The number of nitrogens with one attached hydrogen (secondary N) is 2. The van der Waals surface area contributed by atoms with Crippen LogP contribution in [0.5, 0.6) is 0 Å². The van der Waals surface area contributed by atoms with Crippen molar-refractivity contribution in [2.75, 3.05) is 14.2 Å². The molecule has 11 heteroatoms. The van der Waals surface area contributed by atoms with Crippen LogP contribution in [0.1, 0.15) is 62.0 Å². The van der Waals surface area contributed by atoms with Crippen LogP contribution in [0.3, 0.4) is 0 Å². The molecule has 11 nitrogen and oxygen atoms in total. The van der Waals surface area contributed by atoms with Gasteiger partial charge in [-0.05, 0) is 69.8 Å². The highest BCUT2D eigenvalue weighted by Gasteiger charge is 2.57. The first-order valence-corrected chi connectivity index (χ1v) is 11.9. The van der Waals surface area contributed by atoms with Crippen LogP contribution in [0, 0.1) is 17.8 Å². The van der Waals surface area contributed by atoms with E-state index in [9.17, 15) is 14.4 Å². The van der Waals surface area contributed by atoms with Gasteiger partial charge in [-0.15, -0.1) is 0 Å². The zero-order valence-electron chi connectivity index (χ0n) is 20.7. The van der Waals surface area contributed by atoms with E-state index in [1.165, 1.54) is 13.3 Å². The van der Waals surface area contributed by atoms with Gasteiger partial charge in [-0.3, -0.25) is 4.79 Å². The molecule has 1 aromatic rings. The molecule has 0 saturated heterocycles. The molecule has 0 aromatic carbocycles. The Kier molecular flexibility index (Phi) is 6.81. The van der Waals surface area contributed by atoms with Crippen molar-refractivity contribution < 1.29 is 28.6 Å². The van der Waals surface area contributed by atoms with E-state index in [0.29, 0.717) is 17.2 Å². The maximum atomic E-state index is 13.4.